The van der Waals surface area contributed by atoms with Crippen molar-refractivity contribution in [2.45, 2.75) is 50.2 Å². The van der Waals surface area contributed by atoms with Gasteiger partial charge in [-0.2, -0.15) is 24.4 Å². The topological polar surface area (TPSA) is 43.4 Å². The third kappa shape index (κ3) is 11.0. The lowest BCUT2D eigenvalue weighted by molar-refractivity contribution is -0.140. The van der Waals surface area contributed by atoms with E-state index in [4.69, 9.17) is 0 Å². The largest absolute Gasteiger partial charge is 0.469 e. The molecule has 0 aliphatic carbocycles. The number of esters is 1. The Morgan fingerprint density at radius 3 is 2.50 bits per heavy atom. The zero-order valence-corrected chi connectivity index (χ0v) is 13.0. The van der Waals surface area contributed by atoms with Crippen molar-refractivity contribution < 1.29 is 14.3 Å². The number of carbonyl (C=O) groups excluding carboxylic acids is 2. The Hall–Kier alpha value is -0.160. The molecule has 0 N–H and O–H groups in total. The molecule has 0 rings (SSSR count). The Bertz CT molecular complexity index is 244. The van der Waals surface area contributed by atoms with E-state index in [9.17, 15) is 9.59 Å². The van der Waals surface area contributed by atoms with Crippen LogP contribution in [0.4, 0.5) is 0 Å². The maximum absolute atomic E-state index is 11.5. The van der Waals surface area contributed by atoms with Crippen molar-refractivity contribution in [1.29, 1.82) is 0 Å². The summed E-state index contributed by atoms with van der Waals surface area (Å²) >= 11 is 6.17. The van der Waals surface area contributed by atoms with Crippen LogP contribution in [0.2, 0.25) is 0 Å². The first-order valence-corrected chi connectivity index (χ1v) is 8.26. The zero-order valence-electron chi connectivity index (χ0n) is 11.3. The van der Waals surface area contributed by atoms with E-state index >= 15 is 0 Å². The second kappa shape index (κ2) is 11.9. The Balaban J connectivity index is 3.45. The van der Waals surface area contributed by atoms with E-state index in [1.54, 1.807) is 11.8 Å². The van der Waals surface area contributed by atoms with Gasteiger partial charge in [-0.1, -0.05) is 6.42 Å². The number of ketones is 1. The van der Waals surface area contributed by atoms with E-state index in [0.717, 1.165) is 31.4 Å². The van der Waals surface area contributed by atoms with Gasteiger partial charge in [-0.05, 0) is 31.3 Å². The molecule has 0 spiro atoms. The SMILES string of the molecule is COC(=O)CCCCC(S)CCC(=O)CCSC. The highest BCUT2D eigenvalue weighted by Gasteiger charge is 2.08. The third-order valence-electron chi connectivity index (χ3n) is 2.74. The molecule has 5 heteroatoms. The monoisotopic (exact) mass is 292 g/mol. The fourth-order valence-electron chi connectivity index (χ4n) is 1.56. The van der Waals surface area contributed by atoms with Gasteiger partial charge in [-0.15, -0.1) is 0 Å². The molecule has 0 aromatic rings. The molecule has 3 nitrogen and oxygen atoms in total. The van der Waals surface area contributed by atoms with Crippen LogP contribution in [-0.4, -0.2) is 36.1 Å². The van der Waals surface area contributed by atoms with Crippen molar-refractivity contribution in [3.8, 4) is 0 Å². The minimum Gasteiger partial charge on any atom is -0.469 e. The summed E-state index contributed by atoms with van der Waals surface area (Å²) in [6, 6.07) is 0. The summed E-state index contributed by atoms with van der Waals surface area (Å²) in [5.41, 5.74) is 0. The lowest BCUT2D eigenvalue weighted by Crippen LogP contribution is -2.06. The molecule has 0 fully saturated rings. The van der Waals surface area contributed by atoms with Crippen LogP contribution in [0, 0.1) is 0 Å². The van der Waals surface area contributed by atoms with E-state index in [1.807, 2.05) is 6.26 Å². The van der Waals surface area contributed by atoms with Crippen LogP contribution in [0.15, 0.2) is 0 Å². The summed E-state index contributed by atoms with van der Waals surface area (Å²) in [5, 5.41) is 0.265. The Kier molecular flexibility index (Phi) is 11.8. The lowest BCUT2D eigenvalue weighted by Gasteiger charge is -2.09. The lowest BCUT2D eigenvalue weighted by atomic mass is 10.1. The second-order valence-corrected chi connectivity index (χ2v) is 6.01. The summed E-state index contributed by atoms with van der Waals surface area (Å²) in [7, 11) is 1.41. The van der Waals surface area contributed by atoms with Crippen molar-refractivity contribution in [2.24, 2.45) is 0 Å². The molecule has 0 aliphatic rings. The van der Waals surface area contributed by atoms with E-state index in [1.165, 1.54) is 7.11 Å². The number of Topliss-reactive ketones (excluding diaryl/α,β-unsaturated/α-hetero) is 1. The predicted octanol–water partition coefficient (Wildman–Crippen LogP) is 3.12. The molecule has 0 saturated carbocycles. The molecular weight excluding hydrogens is 268 g/mol. The number of hydrogen-bond donors (Lipinski definition) is 1. The van der Waals surface area contributed by atoms with Crippen LogP contribution in [0.25, 0.3) is 0 Å². The van der Waals surface area contributed by atoms with E-state index in [-0.39, 0.29) is 11.2 Å². The molecule has 1 atom stereocenters. The van der Waals surface area contributed by atoms with Gasteiger partial charge in [0.25, 0.3) is 0 Å². The second-order valence-electron chi connectivity index (χ2n) is 4.30. The summed E-state index contributed by atoms with van der Waals surface area (Å²) < 4.78 is 4.57. The third-order valence-corrected chi connectivity index (χ3v) is 3.87. The number of thiol groups is 1. The Morgan fingerprint density at radius 1 is 1.17 bits per heavy atom. The molecular formula is C13H24O3S2. The van der Waals surface area contributed by atoms with Gasteiger partial charge in [0.1, 0.15) is 5.78 Å². The van der Waals surface area contributed by atoms with Gasteiger partial charge in [0, 0.05) is 24.5 Å². The molecule has 0 radical (unpaired) electrons. The highest BCUT2D eigenvalue weighted by Crippen LogP contribution is 2.15. The van der Waals surface area contributed by atoms with Crippen LogP contribution in [0.3, 0.4) is 0 Å². The van der Waals surface area contributed by atoms with Gasteiger partial charge < -0.3 is 4.74 Å². The van der Waals surface area contributed by atoms with Crippen LogP contribution in [0.1, 0.15) is 44.9 Å². The molecule has 0 heterocycles. The van der Waals surface area contributed by atoms with Crippen molar-refractivity contribution in [2.75, 3.05) is 19.1 Å². The van der Waals surface area contributed by atoms with Gasteiger partial charge in [-0.25, -0.2) is 0 Å². The van der Waals surface area contributed by atoms with Gasteiger partial charge >= 0.3 is 5.97 Å². The number of carbonyl (C=O) groups is 2. The molecule has 106 valence electrons. The maximum atomic E-state index is 11.5. The summed E-state index contributed by atoms with van der Waals surface area (Å²) in [4.78, 5) is 22.3. The van der Waals surface area contributed by atoms with Crippen LogP contribution < -0.4 is 0 Å². The van der Waals surface area contributed by atoms with Gasteiger partial charge in [0.05, 0.1) is 7.11 Å². The van der Waals surface area contributed by atoms with Crippen molar-refractivity contribution >= 4 is 36.1 Å². The van der Waals surface area contributed by atoms with Gasteiger partial charge in [0.15, 0.2) is 0 Å². The highest BCUT2D eigenvalue weighted by molar-refractivity contribution is 7.98. The highest BCUT2D eigenvalue weighted by atomic mass is 32.2. The molecule has 18 heavy (non-hydrogen) atoms. The number of hydrogen-bond acceptors (Lipinski definition) is 5. The van der Waals surface area contributed by atoms with Crippen LogP contribution in [0.5, 0.6) is 0 Å². The molecule has 0 bridgehead atoms. The summed E-state index contributed by atoms with van der Waals surface area (Å²) in [5.74, 6) is 1.09. The first-order valence-electron chi connectivity index (χ1n) is 6.35. The number of ether oxygens (including phenoxy) is 1. The molecule has 0 amide bonds. The number of methoxy groups -OCH3 is 1. The molecule has 0 aliphatic heterocycles. The molecule has 0 aromatic carbocycles. The average Bonchev–Trinajstić information content (AvgIpc) is 2.38. The zero-order chi connectivity index (χ0) is 13.8. The quantitative estimate of drug-likeness (QED) is 0.361. The smallest absolute Gasteiger partial charge is 0.305 e. The molecule has 0 saturated heterocycles. The number of thioether (sulfide) groups is 1. The van der Waals surface area contributed by atoms with Crippen molar-refractivity contribution in [3.05, 3.63) is 0 Å². The van der Waals surface area contributed by atoms with Crippen molar-refractivity contribution in [1.82, 2.24) is 0 Å². The van der Waals surface area contributed by atoms with E-state index in [0.29, 0.717) is 25.0 Å². The maximum Gasteiger partial charge on any atom is 0.305 e. The Labute approximate surface area is 120 Å². The van der Waals surface area contributed by atoms with Gasteiger partial charge in [0.2, 0.25) is 0 Å². The predicted molar refractivity (Wildman–Crippen MR) is 80.5 cm³/mol. The number of unbranched alkanes of at least 4 members (excludes halogenated alkanes) is 1. The fraction of sp³-hybridized carbons (Fsp3) is 0.846. The normalized spacial score (nSPS) is 12.2. The van der Waals surface area contributed by atoms with Crippen molar-refractivity contribution in [3.63, 3.8) is 0 Å². The fourth-order valence-corrected chi connectivity index (χ4v) is 2.31. The van der Waals surface area contributed by atoms with Crippen LogP contribution in [-0.2, 0) is 14.3 Å². The minimum atomic E-state index is -0.155. The molecule has 0 aromatic heterocycles. The molecule has 1 unspecified atom stereocenters. The first-order chi connectivity index (χ1) is 8.60. The van der Waals surface area contributed by atoms with Gasteiger partial charge in [-0.3, -0.25) is 9.59 Å². The van der Waals surface area contributed by atoms with Crippen LogP contribution >= 0.6 is 24.4 Å². The van der Waals surface area contributed by atoms with E-state index in [2.05, 4.69) is 17.4 Å². The standard InChI is InChI=1S/C13H24O3S2/c1-16-13(15)6-4-3-5-12(17)8-7-11(14)9-10-18-2/h12,17H,3-10H2,1-2H3. The van der Waals surface area contributed by atoms with E-state index < -0.39 is 0 Å². The minimum absolute atomic E-state index is 0.155. The first kappa shape index (κ1) is 17.8. The summed E-state index contributed by atoms with van der Waals surface area (Å²) in [6.45, 7) is 0. The average molecular weight is 292 g/mol. The summed E-state index contributed by atoms with van der Waals surface area (Å²) in [6.07, 6.45) is 7.38. The number of rotatable bonds is 11. The Morgan fingerprint density at radius 2 is 1.89 bits per heavy atom.